The van der Waals surface area contributed by atoms with E-state index in [1.54, 1.807) is 11.3 Å². The fourth-order valence-corrected chi connectivity index (χ4v) is 4.98. The summed E-state index contributed by atoms with van der Waals surface area (Å²) in [6.07, 6.45) is 0.922. The fourth-order valence-electron chi connectivity index (χ4n) is 3.18. The number of hydrogen-bond donors (Lipinski definition) is 1. The van der Waals surface area contributed by atoms with Crippen LogP contribution in [0.3, 0.4) is 0 Å². The molecule has 4 aromatic rings. The third-order valence-corrected chi connectivity index (χ3v) is 6.58. The molecular formula is C22H20N2OS2. The number of aromatic nitrogens is 1. The number of fused-ring (bicyclic) bond motifs is 1. The summed E-state index contributed by atoms with van der Waals surface area (Å²) < 4.78 is 0. The first-order valence-electron chi connectivity index (χ1n) is 9.00. The van der Waals surface area contributed by atoms with Gasteiger partial charge in [-0.1, -0.05) is 43.3 Å². The average Bonchev–Trinajstić information content (AvgIpc) is 3.35. The lowest BCUT2D eigenvalue weighted by molar-refractivity contribution is 0.0957. The number of nitrogens with one attached hydrogen (secondary N) is 1. The summed E-state index contributed by atoms with van der Waals surface area (Å²) in [5.74, 6) is -0.00552. The van der Waals surface area contributed by atoms with Crippen molar-refractivity contribution in [3.05, 3.63) is 64.4 Å². The molecule has 1 N–H and O–H groups in total. The number of benzene rings is 1. The Hall–Kier alpha value is -2.50. The Balaban J connectivity index is 1.95. The summed E-state index contributed by atoms with van der Waals surface area (Å²) >= 11 is 3.16. The normalized spacial score (nSPS) is 11.0. The van der Waals surface area contributed by atoms with Crippen molar-refractivity contribution in [3.63, 3.8) is 0 Å². The van der Waals surface area contributed by atoms with Crippen LogP contribution in [0.4, 0.5) is 0 Å². The smallest absolute Gasteiger partial charge is 0.261 e. The molecule has 0 aliphatic heterocycles. The van der Waals surface area contributed by atoms with Crippen LogP contribution in [0, 0.1) is 6.92 Å². The summed E-state index contributed by atoms with van der Waals surface area (Å²) in [4.78, 5) is 20.3. The third kappa shape index (κ3) is 3.40. The summed E-state index contributed by atoms with van der Waals surface area (Å²) in [5, 5.41) is 6.14. The van der Waals surface area contributed by atoms with Crippen LogP contribution in [0.25, 0.3) is 31.9 Å². The van der Waals surface area contributed by atoms with Gasteiger partial charge in [0, 0.05) is 11.9 Å². The second-order valence-corrected chi connectivity index (χ2v) is 8.34. The minimum atomic E-state index is -0.00552. The minimum Gasteiger partial charge on any atom is -0.351 e. The van der Waals surface area contributed by atoms with Gasteiger partial charge in [-0.25, -0.2) is 4.98 Å². The van der Waals surface area contributed by atoms with Gasteiger partial charge in [0.05, 0.1) is 15.4 Å². The van der Waals surface area contributed by atoms with Crippen molar-refractivity contribution in [2.75, 3.05) is 6.54 Å². The molecule has 0 aliphatic carbocycles. The summed E-state index contributed by atoms with van der Waals surface area (Å²) in [5.41, 5.74) is 4.24. The number of amides is 1. The minimum absolute atomic E-state index is 0.00552. The second-order valence-electron chi connectivity index (χ2n) is 6.39. The summed E-state index contributed by atoms with van der Waals surface area (Å²) in [6, 6.07) is 16.6. The van der Waals surface area contributed by atoms with E-state index < -0.39 is 0 Å². The van der Waals surface area contributed by atoms with E-state index in [0.717, 1.165) is 48.8 Å². The molecule has 0 bridgehead atoms. The number of carbonyl (C=O) groups excluding carboxylic acids is 1. The van der Waals surface area contributed by atoms with Gasteiger partial charge in [-0.05, 0) is 47.5 Å². The monoisotopic (exact) mass is 392 g/mol. The van der Waals surface area contributed by atoms with Crippen molar-refractivity contribution in [1.82, 2.24) is 10.3 Å². The van der Waals surface area contributed by atoms with E-state index in [1.807, 2.05) is 31.2 Å². The molecule has 0 fully saturated rings. The van der Waals surface area contributed by atoms with E-state index in [9.17, 15) is 4.79 Å². The first-order valence-corrected chi connectivity index (χ1v) is 10.7. The Labute approximate surface area is 166 Å². The molecule has 1 aromatic carbocycles. The Morgan fingerprint density at radius 2 is 1.96 bits per heavy atom. The molecule has 0 atom stereocenters. The first kappa shape index (κ1) is 17.9. The van der Waals surface area contributed by atoms with Crippen molar-refractivity contribution in [2.24, 2.45) is 0 Å². The van der Waals surface area contributed by atoms with E-state index in [0.29, 0.717) is 6.54 Å². The van der Waals surface area contributed by atoms with Gasteiger partial charge in [0.2, 0.25) is 0 Å². The van der Waals surface area contributed by atoms with Crippen LogP contribution in [0.15, 0.2) is 53.9 Å². The van der Waals surface area contributed by atoms with E-state index in [1.165, 1.54) is 11.3 Å². The van der Waals surface area contributed by atoms with Crippen LogP contribution in [-0.2, 0) is 0 Å². The fraction of sp³-hybridized carbons (Fsp3) is 0.182. The van der Waals surface area contributed by atoms with Crippen molar-refractivity contribution in [2.45, 2.75) is 20.3 Å². The Kier molecular flexibility index (Phi) is 5.05. The summed E-state index contributed by atoms with van der Waals surface area (Å²) in [7, 11) is 0. The van der Waals surface area contributed by atoms with Crippen LogP contribution in [0.1, 0.15) is 28.6 Å². The number of nitrogens with zero attached hydrogens (tertiary/aromatic N) is 1. The molecule has 3 aromatic heterocycles. The molecule has 0 saturated carbocycles. The average molecular weight is 393 g/mol. The second kappa shape index (κ2) is 7.62. The lowest BCUT2D eigenvalue weighted by Gasteiger charge is -2.08. The third-order valence-electron chi connectivity index (χ3n) is 4.50. The quantitative estimate of drug-likeness (QED) is 0.443. The Morgan fingerprint density at radius 1 is 1.15 bits per heavy atom. The molecule has 0 unspecified atom stereocenters. The standard InChI is InChI=1S/C22H20N2OS2/c1-3-11-23-21(25)20-14(2)19-16(15-8-5-4-6-9-15)13-17(24-22(19)27-20)18-10-7-12-26-18/h4-10,12-13H,3,11H2,1-2H3,(H,23,25). The largest absolute Gasteiger partial charge is 0.351 e. The predicted octanol–water partition coefficient (Wildman–Crippen LogP) is 6.14. The van der Waals surface area contributed by atoms with E-state index >= 15 is 0 Å². The SMILES string of the molecule is CCCNC(=O)c1sc2nc(-c3cccs3)cc(-c3ccccc3)c2c1C. The zero-order chi connectivity index (χ0) is 18.8. The molecule has 4 rings (SSSR count). The maximum absolute atomic E-state index is 12.6. The highest BCUT2D eigenvalue weighted by Gasteiger charge is 2.20. The molecule has 0 radical (unpaired) electrons. The number of carbonyl (C=O) groups is 1. The number of thiophene rings is 2. The van der Waals surface area contributed by atoms with Crippen LogP contribution < -0.4 is 5.32 Å². The van der Waals surface area contributed by atoms with Crippen molar-refractivity contribution >= 4 is 38.8 Å². The number of hydrogen-bond acceptors (Lipinski definition) is 4. The lowest BCUT2D eigenvalue weighted by atomic mass is 9.99. The molecule has 136 valence electrons. The lowest BCUT2D eigenvalue weighted by Crippen LogP contribution is -2.23. The molecule has 5 heteroatoms. The highest BCUT2D eigenvalue weighted by molar-refractivity contribution is 7.20. The summed E-state index contributed by atoms with van der Waals surface area (Å²) in [6.45, 7) is 4.77. The number of rotatable bonds is 5. The van der Waals surface area contributed by atoms with E-state index in [4.69, 9.17) is 4.98 Å². The number of pyridine rings is 1. The molecule has 0 aliphatic rings. The van der Waals surface area contributed by atoms with E-state index in [2.05, 4.69) is 41.9 Å². The first-order chi connectivity index (χ1) is 13.2. The molecule has 0 spiro atoms. The van der Waals surface area contributed by atoms with Gasteiger partial charge in [0.25, 0.3) is 5.91 Å². The molecule has 3 nitrogen and oxygen atoms in total. The van der Waals surface area contributed by atoms with Crippen LogP contribution >= 0.6 is 22.7 Å². The topological polar surface area (TPSA) is 42.0 Å². The van der Waals surface area contributed by atoms with Gasteiger partial charge in [-0.2, -0.15) is 0 Å². The highest BCUT2D eigenvalue weighted by Crippen LogP contribution is 2.39. The van der Waals surface area contributed by atoms with E-state index in [-0.39, 0.29) is 5.91 Å². The van der Waals surface area contributed by atoms with Crippen LogP contribution in [-0.4, -0.2) is 17.4 Å². The molecule has 1 amide bonds. The predicted molar refractivity (Wildman–Crippen MR) is 116 cm³/mol. The maximum atomic E-state index is 12.6. The number of aryl methyl sites for hydroxylation is 1. The Bertz CT molecular complexity index is 1080. The van der Waals surface area contributed by atoms with Crippen LogP contribution in [0.2, 0.25) is 0 Å². The molecule has 0 saturated heterocycles. The maximum Gasteiger partial charge on any atom is 0.261 e. The van der Waals surface area contributed by atoms with Gasteiger partial charge < -0.3 is 5.32 Å². The van der Waals surface area contributed by atoms with Gasteiger partial charge in [0.1, 0.15) is 4.83 Å². The van der Waals surface area contributed by atoms with Gasteiger partial charge in [-0.3, -0.25) is 4.79 Å². The van der Waals surface area contributed by atoms with Crippen molar-refractivity contribution in [1.29, 1.82) is 0 Å². The molecular weight excluding hydrogens is 372 g/mol. The zero-order valence-corrected chi connectivity index (χ0v) is 16.9. The highest BCUT2D eigenvalue weighted by atomic mass is 32.1. The zero-order valence-electron chi connectivity index (χ0n) is 15.3. The Morgan fingerprint density at radius 3 is 2.67 bits per heavy atom. The molecule has 3 heterocycles. The van der Waals surface area contributed by atoms with Crippen LogP contribution in [0.5, 0.6) is 0 Å². The molecule has 27 heavy (non-hydrogen) atoms. The van der Waals surface area contributed by atoms with Gasteiger partial charge in [-0.15, -0.1) is 22.7 Å². The van der Waals surface area contributed by atoms with Gasteiger partial charge in [0.15, 0.2) is 0 Å². The van der Waals surface area contributed by atoms with Gasteiger partial charge >= 0.3 is 0 Å². The van der Waals surface area contributed by atoms with Crippen molar-refractivity contribution in [3.8, 4) is 21.7 Å². The van der Waals surface area contributed by atoms with Crippen molar-refractivity contribution < 1.29 is 4.79 Å².